The lowest BCUT2D eigenvalue weighted by Gasteiger charge is -2.26. The third-order valence-electron chi connectivity index (χ3n) is 3.53. The van der Waals surface area contributed by atoms with Crippen molar-refractivity contribution in [3.8, 4) is 0 Å². The van der Waals surface area contributed by atoms with Crippen molar-refractivity contribution in [2.75, 3.05) is 26.8 Å². The van der Waals surface area contributed by atoms with Gasteiger partial charge in [0.25, 0.3) is 0 Å². The van der Waals surface area contributed by atoms with Crippen molar-refractivity contribution in [2.45, 2.75) is 44.8 Å². The Bertz CT molecular complexity index is 240. The Labute approximate surface area is 109 Å². The van der Waals surface area contributed by atoms with E-state index in [0.29, 0.717) is 19.1 Å². The molecule has 0 aromatic carbocycles. The number of hydrogen-bond donors (Lipinski definition) is 3. The highest BCUT2D eigenvalue weighted by Gasteiger charge is 2.20. The highest BCUT2D eigenvalue weighted by molar-refractivity contribution is 5.81. The molecule has 0 heterocycles. The molecule has 1 saturated carbocycles. The molecule has 1 aliphatic carbocycles. The molecule has 18 heavy (non-hydrogen) atoms. The molecular weight excluding hydrogens is 232 g/mol. The fourth-order valence-electron chi connectivity index (χ4n) is 2.21. The van der Waals surface area contributed by atoms with Gasteiger partial charge in [-0.1, -0.05) is 0 Å². The summed E-state index contributed by atoms with van der Waals surface area (Å²) in [6, 6.07) is -0.172. The van der Waals surface area contributed by atoms with Crippen LogP contribution < -0.4 is 10.6 Å². The van der Waals surface area contributed by atoms with Gasteiger partial charge in [-0.05, 0) is 45.1 Å². The van der Waals surface area contributed by atoms with Crippen LogP contribution in [-0.4, -0.2) is 50.0 Å². The zero-order valence-electron chi connectivity index (χ0n) is 11.4. The van der Waals surface area contributed by atoms with Crippen LogP contribution in [0, 0.1) is 5.92 Å². The maximum Gasteiger partial charge on any atom is 0.236 e. The first-order valence-electron chi connectivity index (χ1n) is 6.81. The number of hydrogen-bond acceptors (Lipinski definition) is 4. The molecule has 1 atom stereocenters. The summed E-state index contributed by atoms with van der Waals surface area (Å²) in [4.78, 5) is 11.7. The van der Waals surface area contributed by atoms with Gasteiger partial charge >= 0.3 is 0 Å². The lowest BCUT2D eigenvalue weighted by atomic mass is 9.87. The Balaban J connectivity index is 2.12. The fraction of sp³-hybridized carbons (Fsp3) is 0.923. The standard InChI is InChI=1S/C13H26N2O3/c1-10(13(17)14-7-8-18-2)15-9-11-3-5-12(16)6-4-11/h10-12,15-16H,3-9H2,1-2H3,(H,14,17). The first kappa shape index (κ1) is 15.4. The molecule has 1 unspecified atom stereocenters. The minimum atomic E-state index is -0.172. The number of rotatable bonds is 7. The topological polar surface area (TPSA) is 70.6 Å². The normalized spacial score (nSPS) is 25.7. The van der Waals surface area contributed by atoms with Gasteiger partial charge in [0, 0.05) is 13.7 Å². The van der Waals surface area contributed by atoms with Crippen molar-refractivity contribution in [3.05, 3.63) is 0 Å². The van der Waals surface area contributed by atoms with E-state index < -0.39 is 0 Å². The Hall–Kier alpha value is -0.650. The number of methoxy groups -OCH3 is 1. The molecule has 1 aliphatic rings. The number of ether oxygens (including phenoxy) is 1. The fourth-order valence-corrected chi connectivity index (χ4v) is 2.21. The molecule has 5 heteroatoms. The summed E-state index contributed by atoms with van der Waals surface area (Å²) >= 11 is 0. The maximum absolute atomic E-state index is 11.7. The average Bonchev–Trinajstić information content (AvgIpc) is 2.38. The third kappa shape index (κ3) is 5.80. The van der Waals surface area contributed by atoms with Crippen molar-refractivity contribution in [1.29, 1.82) is 0 Å². The van der Waals surface area contributed by atoms with Gasteiger partial charge in [0.2, 0.25) is 5.91 Å². The molecule has 0 radical (unpaired) electrons. The minimum Gasteiger partial charge on any atom is -0.393 e. The number of carbonyl (C=O) groups is 1. The predicted octanol–water partition coefficient (Wildman–Crippen LogP) is 0.278. The molecule has 106 valence electrons. The van der Waals surface area contributed by atoms with Gasteiger partial charge < -0.3 is 20.5 Å². The van der Waals surface area contributed by atoms with E-state index in [4.69, 9.17) is 4.74 Å². The monoisotopic (exact) mass is 258 g/mol. The van der Waals surface area contributed by atoms with Gasteiger partial charge in [-0.2, -0.15) is 0 Å². The van der Waals surface area contributed by atoms with E-state index >= 15 is 0 Å². The van der Waals surface area contributed by atoms with Crippen LogP contribution in [-0.2, 0) is 9.53 Å². The van der Waals surface area contributed by atoms with Gasteiger partial charge in [0.1, 0.15) is 0 Å². The lowest BCUT2D eigenvalue weighted by Crippen LogP contribution is -2.45. The largest absolute Gasteiger partial charge is 0.393 e. The Morgan fingerprint density at radius 3 is 2.67 bits per heavy atom. The van der Waals surface area contributed by atoms with Gasteiger partial charge in [0.05, 0.1) is 18.8 Å². The minimum absolute atomic E-state index is 0.0166. The summed E-state index contributed by atoms with van der Waals surface area (Å²) in [5, 5.41) is 15.5. The van der Waals surface area contributed by atoms with E-state index in [9.17, 15) is 9.90 Å². The zero-order valence-corrected chi connectivity index (χ0v) is 11.4. The summed E-state index contributed by atoms with van der Waals surface area (Å²) in [7, 11) is 1.62. The molecule has 0 saturated heterocycles. The number of amides is 1. The second kappa shape index (κ2) is 8.45. The van der Waals surface area contributed by atoms with Gasteiger partial charge in [-0.15, -0.1) is 0 Å². The van der Waals surface area contributed by atoms with Crippen LogP contribution in [0.4, 0.5) is 0 Å². The smallest absolute Gasteiger partial charge is 0.236 e. The number of aliphatic hydroxyl groups excluding tert-OH is 1. The summed E-state index contributed by atoms with van der Waals surface area (Å²) in [6.07, 6.45) is 3.76. The van der Waals surface area contributed by atoms with Crippen molar-refractivity contribution in [3.63, 3.8) is 0 Å². The third-order valence-corrected chi connectivity index (χ3v) is 3.53. The second-order valence-electron chi connectivity index (χ2n) is 5.09. The molecule has 1 amide bonds. The molecule has 0 aromatic rings. The molecule has 3 N–H and O–H groups in total. The Morgan fingerprint density at radius 1 is 1.39 bits per heavy atom. The molecular formula is C13H26N2O3. The maximum atomic E-state index is 11.7. The molecule has 1 rings (SSSR count). The van der Waals surface area contributed by atoms with Gasteiger partial charge in [-0.3, -0.25) is 4.79 Å². The van der Waals surface area contributed by atoms with E-state index in [2.05, 4.69) is 10.6 Å². The van der Waals surface area contributed by atoms with Gasteiger partial charge in [0.15, 0.2) is 0 Å². The van der Waals surface area contributed by atoms with Crippen molar-refractivity contribution in [2.24, 2.45) is 5.92 Å². The molecule has 0 aromatic heterocycles. The van der Waals surface area contributed by atoms with E-state index in [0.717, 1.165) is 32.2 Å². The summed E-state index contributed by atoms with van der Waals surface area (Å²) in [5.41, 5.74) is 0. The molecule has 1 fully saturated rings. The zero-order chi connectivity index (χ0) is 13.4. The van der Waals surface area contributed by atoms with E-state index in [1.807, 2.05) is 6.92 Å². The Morgan fingerprint density at radius 2 is 2.06 bits per heavy atom. The molecule has 0 spiro atoms. The van der Waals surface area contributed by atoms with Crippen molar-refractivity contribution < 1.29 is 14.6 Å². The SMILES string of the molecule is COCCNC(=O)C(C)NCC1CCC(O)CC1. The van der Waals surface area contributed by atoms with Crippen LogP contribution in [0.5, 0.6) is 0 Å². The van der Waals surface area contributed by atoms with Gasteiger partial charge in [-0.25, -0.2) is 0 Å². The van der Waals surface area contributed by atoms with E-state index in [-0.39, 0.29) is 18.1 Å². The highest BCUT2D eigenvalue weighted by Crippen LogP contribution is 2.23. The average molecular weight is 258 g/mol. The van der Waals surface area contributed by atoms with Crippen LogP contribution in [0.1, 0.15) is 32.6 Å². The number of aliphatic hydroxyl groups is 1. The van der Waals surface area contributed by atoms with Crippen LogP contribution in [0.25, 0.3) is 0 Å². The lowest BCUT2D eigenvalue weighted by molar-refractivity contribution is -0.123. The number of nitrogens with one attached hydrogen (secondary N) is 2. The van der Waals surface area contributed by atoms with Crippen LogP contribution in [0.15, 0.2) is 0 Å². The second-order valence-corrected chi connectivity index (χ2v) is 5.09. The Kier molecular flexibility index (Phi) is 7.23. The quantitative estimate of drug-likeness (QED) is 0.574. The van der Waals surface area contributed by atoms with Crippen molar-refractivity contribution in [1.82, 2.24) is 10.6 Å². The summed E-state index contributed by atoms with van der Waals surface area (Å²) in [5.74, 6) is 0.602. The molecule has 5 nitrogen and oxygen atoms in total. The molecule has 0 aliphatic heterocycles. The van der Waals surface area contributed by atoms with Crippen LogP contribution in [0.2, 0.25) is 0 Å². The highest BCUT2D eigenvalue weighted by atomic mass is 16.5. The predicted molar refractivity (Wildman–Crippen MR) is 70.3 cm³/mol. The molecule has 0 bridgehead atoms. The summed E-state index contributed by atoms with van der Waals surface area (Å²) in [6.45, 7) is 3.82. The summed E-state index contributed by atoms with van der Waals surface area (Å²) < 4.78 is 4.88. The van der Waals surface area contributed by atoms with Crippen molar-refractivity contribution >= 4 is 5.91 Å². The first-order valence-corrected chi connectivity index (χ1v) is 6.81. The van der Waals surface area contributed by atoms with E-state index in [1.54, 1.807) is 7.11 Å². The van der Waals surface area contributed by atoms with Crippen LogP contribution in [0.3, 0.4) is 0 Å². The first-order chi connectivity index (χ1) is 8.63. The van der Waals surface area contributed by atoms with Crippen LogP contribution >= 0.6 is 0 Å². The van der Waals surface area contributed by atoms with E-state index in [1.165, 1.54) is 0 Å². The number of carbonyl (C=O) groups excluding carboxylic acids is 1.